The smallest absolute Gasteiger partial charge is 0.137 e. The fourth-order valence-electron chi connectivity index (χ4n) is 2.68. The average molecular weight is 220 g/mol. The molecule has 1 aliphatic rings. The molecule has 1 aromatic heterocycles. The van der Waals surface area contributed by atoms with E-state index in [4.69, 9.17) is 10.5 Å². The number of pyridine rings is 1. The van der Waals surface area contributed by atoms with Gasteiger partial charge in [-0.1, -0.05) is 20.3 Å². The number of nitrogens with two attached hydrogens (primary N) is 1. The molecule has 2 rings (SSSR count). The SMILES string of the molecule is COc1cncc(C2(N)CCCC2(C)C)c1. The van der Waals surface area contributed by atoms with Crippen LogP contribution in [0.25, 0.3) is 0 Å². The summed E-state index contributed by atoms with van der Waals surface area (Å²) in [6.07, 6.45) is 6.96. The maximum absolute atomic E-state index is 6.59. The lowest BCUT2D eigenvalue weighted by Gasteiger charge is -2.38. The Labute approximate surface area is 97.0 Å². The molecule has 0 spiro atoms. The van der Waals surface area contributed by atoms with Crippen molar-refractivity contribution in [2.45, 2.75) is 38.6 Å². The molecular weight excluding hydrogens is 200 g/mol. The molecule has 88 valence electrons. The third-order valence-electron chi connectivity index (χ3n) is 4.04. The first-order valence-electron chi connectivity index (χ1n) is 5.78. The van der Waals surface area contributed by atoms with Crippen molar-refractivity contribution in [1.29, 1.82) is 0 Å². The summed E-state index contributed by atoms with van der Waals surface area (Å²) < 4.78 is 5.21. The standard InChI is InChI=1S/C13H20N2O/c1-12(2)5-4-6-13(12,14)10-7-11(16-3)9-15-8-10/h7-9H,4-6,14H2,1-3H3. The maximum Gasteiger partial charge on any atom is 0.137 e. The molecule has 0 amide bonds. The zero-order valence-electron chi connectivity index (χ0n) is 10.3. The number of methoxy groups -OCH3 is 1. The number of hydrogen-bond donors (Lipinski definition) is 1. The van der Waals surface area contributed by atoms with Crippen LogP contribution >= 0.6 is 0 Å². The predicted octanol–water partition coefficient (Wildman–Crippen LogP) is 2.45. The fraction of sp³-hybridized carbons (Fsp3) is 0.615. The van der Waals surface area contributed by atoms with E-state index in [0.717, 1.165) is 17.7 Å². The van der Waals surface area contributed by atoms with Gasteiger partial charge >= 0.3 is 0 Å². The number of rotatable bonds is 2. The predicted molar refractivity (Wildman–Crippen MR) is 64.3 cm³/mol. The molecule has 1 heterocycles. The molecule has 3 nitrogen and oxygen atoms in total. The van der Waals surface area contributed by atoms with Crippen molar-refractivity contribution in [3.8, 4) is 5.75 Å². The molecule has 0 bridgehead atoms. The minimum absolute atomic E-state index is 0.126. The zero-order chi connectivity index (χ0) is 11.8. The lowest BCUT2D eigenvalue weighted by atomic mass is 9.72. The van der Waals surface area contributed by atoms with Crippen molar-refractivity contribution in [1.82, 2.24) is 4.98 Å². The molecule has 2 N–H and O–H groups in total. The highest BCUT2D eigenvalue weighted by Crippen LogP contribution is 2.50. The van der Waals surface area contributed by atoms with E-state index < -0.39 is 0 Å². The summed E-state index contributed by atoms with van der Waals surface area (Å²) in [6, 6.07) is 2.01. The van der Waals surface area contributed by atoms with Crippen LogP contribution in [0.4, 0.5) is 0 Å². The highest BCUT2D eigenvalue weighted by molar-refractivity contribution is 5.32. The molecule has 1 unspecified atom stereocenters. The second-order valence-corrected chi connectivity index (χ2v) is 5.32. The average Bonchev–Trinajstić information content (AvgIpc) is 2.55. The molecular formula is C13H20N2O. The van der Waals surface area contributed by atoms with E-state index in [1.54, 1.807) is 13.3 Å². The van der Waals surface area contributed by atoms with Gasteiger partial charge in [0.2, 0.25) is 0 Å². The Hall–Kier alpha value is -1.09. The van der Waals surface area contributed by atoms with Crippen molar-refractivity contribution in [3.63, 3.8) is 0 Å². The topological polar surface area (TPSA) is 48.1 Å². The van der Waals surface area contributed by atoms with Gasteiger partial charge in [-0.25, -0.2) is 0 Å². The van der Waals surface area contributed by atoms with Gasteiger partial charge in [-0.15, -0.1) is 0 Å². The zero-order valence-corrected chi connectivity index (χ0v) is 10.3. The van der Waals surface area contributed by atoms with Crippen LogP contribution in [0.3, 0.4) is 0 Å². The van der Waals surface area contributed by atoms with Gasteiger partial charge in [0.1, 0.15) is 5.75 Å². The lowest BCUT2D eigenvalue weighted by molar-refractivity contribution is 0.209. The third-order valence-corrected chi connectivity index (χ3v) is 4.04. The Balaban J connectivity index is 2.42. The second kappa shape index (κ2) is 3.74. The van der Waals surface area contributed by atoms with Crippen molar-refractivity contribution in [2.75, 3.05) is 7.11 Å². The highest BCUT2D eigenvalue weighted by atomic mass is 16.5. The molecule has 1 aromatic rings. The fourth-order valence-corrected chi connectivity index (χ4v) is 2.68. The summed E-state index contributed by atoms with van der Waals surface area (Å²) in [7, 11) is 1.66. The van der Waals surface area contributed by atoms with Crippen LogP contribution in [0.1, 0.15) is 38.7 Å². The first-order valence-corrected chi connectivity index (χ1v) is 5.78. The molecule has 1 atom stereocenters. The largest absolute Gasteiger partial charge is 0.495 e. The van der Waals surface area contributed by atoms with Crippen LogP contribution in [0.2, 0.25) is 0 Å². The first kappa shape index (κ1) is 11.4. The van der Waals surface area contributed by atoms with E-state index in [1.165, 1.54) is 12.8 Å². The van der Waals surface area contributed by atoms with Crippen LogP contribution in [0.5, 0.6) is 5.75 Å². The van der Waals surface area contributed by atoms with Gasteiger partial charge in [0, 0.05) is 11.7 Å². The van der Waals surface area contributed by atoms with E-state index in [2.05, 4.69) is 18.8 Å². The van der Waals surface area contributed by atoms with Gasteiger partial charge in [-0.2, -0.15) is 0 Å². The van der Waals surface area contributed by atoms with Crippen LogP contribution in [-0.4, -0.2) is 12.1 Å². The summed E-state index contributed by atoms with van der Waals surface area (Å²) in [4.78, 5) is 4.21. The number of nitrogens with zero attached hydrogens (tertiary/aromatic N) is 1. The van der Waals surface area contributed by atoms with Gasteiger partial charge in [-0.3, -0.25) is 4.98 Å². The van der Waals surface area contributed by atoms with Gasteiger partial charge in [0.05, 0.1) is 13.3 Å². The Morgan fingerprint density at radius 2 is 2.06 bits per heavy atom. The van der Waals surface area contributed by atoms with Crippen molar-refractivity contribution < 1.29 is 4.74 Å². The molecule has 0 radical (unpaired) electrons. The molecule has 3 heteroatoms. The molecule has 0 aromatic carbocycles. The summed E-state index contributed by atoms with van der Waals surface area (Å²) in [5, 5.41) is 0. The number of ether oxygens (including phenoxy) is 1. The van der Waals surface area contributed by atoms with Crippen molar-refractivity contribution in [3.05, 3.63) is 24.0 Å². The van der Waals surface area contributed by atoms with Crippen LogP contribution in [0.15, 0.2) is 18.5 Å². The first-order chi connectivity index (χ1) is 7.49. The minimum atomic E-state index is -0.269. The van der Waals surface area contributed by atoms with E-state index in [-0.39, 0.29) is 11.0 Å². The Kier molecular flexibility index (Phi) is 2.66. The van der Waals surface area contributed by atoms with Gasteiger partial charge in [0.25, 0.3) is 0 Å². The quantitative estimate of drug-likeness (QED) is 0.832. The van der Waals surface area contributed by atoms with Gasteiger partial charge in [-0.05, 0) is 29.9 Å². The monoisotopic (exact) mass is 220 g/mol. The van der Waals surface area contributed by atoms with E-state index in [0.29, 0.717) is 0 Å². The van der Waals surface area contributed by atoms with Crippen LogP contribution in [0, 0.1) is 5.41 Å². The Morgan fingerprint density at radius 3 is 2.62 bits per heavy atom. The molecule has 1 fully saturated rings. The van der Waals surface area contributed by atoms with Crippen LogP contribution in [-0.2, 0) is 5.54 Å². The highest BCUT2D eigenvalue weighted by Gasteiger charge is 2.47. The minimum Gasteiger partial charge on any atom is -0.495 e. The number of hydrogen-bond acceptors (Lipinski definition) is 3. The second-order valence-electron chi connectivity index (χ2n) is 5.32. The molecule has 16 heavy (non-hydrogen) atoms. The maximum atomic E-state index is 6.59. The third kappa shape index (κ3) is 1.59. The molecule has 1 saturated carbocycles. The van der Waals surface area contributed by atoms with E-state index >= 15 is 0 Å². The van der Waals surface area contributed by atoms with Gasteiger partial charge < -0.3 is 10.5 Å². The van der Waals surface area contributed by atoms with Crippen molar-refractivity contribution >= 4 is 0 Å². The summed E-state index contributed by atoms with van der Waals surface area (Å²) >= 11 is 0. The van der Waals surface area contributed by atoms with Crippen molar-refractivity contribution in [2.24, 2.45) is 11.1 Å². The molecule has 0 saturated heterocycles. The van der Waals surface area contributed by atoms with E-state index in [9.17, 15) is 0 Å². The summed E-state index contributed by atoms with van der Waals surface area (Å²) in [6.45, 7) is 4.47. The normalized spacial score (nSPS) is 28.0. The molecule has 1 aliphatic carbocycles. The van der Waals surface area contributed by atoms with Crippen LogP contribution < -0.4 is 10.5 Å². The Bertz CT molecular complexity index is 389. The molecule has 0 aliphatic heterocycles. The van der Waals surface area contributed by atoms with E-state index in [1.807, 2.05) is 12.3 Å². The summed E-state index contributed by atoms with van der Waals surface area (Å²) in [5.41, 5.74) is 7.53. The lowest BCUT2D eigenvalue weighted by Crippen LogP contribution is -2.45. The Morgan fingerprint density at radius 1 is 1.31 bits per heavy atom. The van der Waals surface area contributed by atoms with Gasteiger partial charge in [0.15, 0.2) is 0 Å². The summed E-state index contributed by atoms with van der Waals surface area (Å²) in [5.74, 6) is 0.782. The number of aromatic nitrogens is 1.